The number of fused-ring (bicyclic) bond motifs is 8. The number of carbonyl (C=O) groups excluding carboxylic acids is 4. The third kappa shape index (κ3) is 10.5. The number of aryl methyl sites for hydroxylation is 4. The summed E-state index contributed by atoms with van der Waals surface area (Å²) in [7, 11) is 1.98. The fraction of sp³-hybridized carbons (Fsp3) is 0.143. The van der Waals surface area contributed by atoms with Gasteiger partial charge in [0.05, 0.1) is 0 Å². The van der Waals surface area contributed by atoms with Crippen molar-refractivity contribution in [2.24, 2.45) is 7.05 Å². The van der Waals surface area contributed by atoms with Gasteiger partial charge in [-0.05, 0) is 138 Å². The molecule has 0 unspecified atom stereocenters. The van der Waals surface area contributed by atoms with Crippen LogP contribution in [0.25, 0.3) is 75.7 Å². The molecule has 11 aromatic rings. The molecule has 0 saturated heterocycles. The fourth-order valence-electron chi connectivity index (χ4n) is 10.2. The van der Waals surface area contributed by atoms with Crippen molar-refractivity contribution in [3.8, 4) is 17.2 Å². The number of nitrogens with zero attached hydrogens (tertiary/aromatic N) is 1. The van der Waals surface area contributed by atoms with Crippen LogP contribution in [0.1, 0.15) is 74.2 Å². The van der Waals surface area contributed by atoms with E-state index in [1.165, 1.54) is 16.5 Å². The van der Waals surface area contributed by atoms with Crippen molar-refractivity contribution < 1.29 is 33.4 Å². The monoisotopic (exact) mass is 1030 g/mol. The standard InChI is InChI=1S/C26H23NO3.C24H20O2.C20H18O2/c1-5-17-8-6-7-9-20(17)25(28)18-10-12-23-21(14-18)22-15-19(30-26(29)16(2)3)11-13-24(22)27(23)4;1-4-18-19-11-7-8-12-20(19)23(26-24(25)15(2)3)22-14-17-10-6-5-9-16(17)13-21(18)22;1-4-14-15-9-5-7-11-17(15)19(22-20(21)13(2)3)18-12-8-6-10-16(14)18/h6-15H,2,5H2,1,3-4H3;5-14H,2,4H2,1,3H3;5-12H,2,4H2,1,3H3. The zero-order chi connectivity index (χ0) is 55.4. The quantitative estimate of drug-likeness (QED) is 0.0418. The number of benzene rings is 10. The number of aromatic nitrogens is 1. The zero-order valence-corrected chi connectivity index (χ0v) is 45.2. The van der Waals surface area contributed by atoms with E-state index in [1.54, 1.807) is 26.8 Å². The molecule has 11 rings (SSSR count). The van der Waals surface area contributed by atoms with Gasteiger partial charge in [-0.1, -0.05) is 162 Å². The van der Waals surface area contributed by atoms with E-state index in [-0.39, 0.29) is 11.8 Å². The van der Waals surface area contributed by atoms with E-state index < -0.39 is 11.9 Å². The first-order valence-corrected chi connectivity index (χ1v) is 26.2. The Balaban J connectivity index is 0.000000144. The fourth-order valence-corrected chi connectivity index (χ4v) is 10.2. The van der Waals surface area contributed by atoms with Gasteiger partial charge in [0.1, 0.15) is 17.2 Å². The average Bonchev–Trinajstić information content (AvgIpc) is 3.77. The highest BCUT2D eigenvalue weighted by atomic mass is 16.5. The molecule has 0 bridgehead atoms. The first-order chi connectivity index (χ1) is 37.6. The summed E-state index contributed by atoms with van der Waals surface area (Å²) >= 11 is 0. The Morgan fingerprint density at radius 2 is 0.821 bits per heavy atom. The van der Waals surface area contributed by atoms with Crippen LogP contribution in [0.3, 0.4) is 0 Å². The lowest BCUT2D eigenvalue weighted by atomic mass is 9.92. The van der Waals surface area contributed by atoms with Crippen LogP contribution in [0.15, 0.2) is 206 Å². The molecule has 1 heterocycles. The minimum absolute atomic E-state index is 0.0104. The molecule has 0 N–H and O–H groups in total. The average molecular weight is 1030 g/mol. The van der Waals surface area contributed by atoms with Crippen molar-refractivity contribution in [3.05, 3.63) is 234 Å². The van der Waals surface area contributed by atoms with Crippen molar-refractivity contribution in [1.82, 2.24) is 4.57 Å². The van der Waals surface area contributed by atoms with Gasteiger partial charge in [-0.15, -0.1) is 0 Å². The third-order valence-corrected chi connectivity index (χ3v) is 14.2. The molecule has 0 spiro atoms. The topological polar surface area (TPSA) is 101 Å². The number of rotatable bonds is 11. The summed E-state index contributed by atoms with van der Waals surface area (Å²) in [6, 6.07) is 55.9. The van der Waals surface area contributed by atoms with E-state index in [9.17, 15) is 19.2 Å². The summed E-state index contributed by atoms with van der Waals surface area (Å²) in [5.41, 5.74) is 8.10. The molecule has 0 aliphatic carbocycles. The number of ether oxygens (including phenoxy) is 3. The first kappa shape index (κ1) is 53.4. The molecule has 1 aromatic heterocycles. The van der Waals surface area contributed by atoms with Crippen LogP contribution in [-0.4, -0.2) is 28.3 Å². The smallest absolute Gasteiger partial charge is 0.338 e. The normalized spacial score (nSPS) is 11.0. The van der Waals surface area contributed by atoms with Gasteiger partial charge in [0.15, 0.2) is 5.78 Å². The molecule has 8 heteroatoms. The molecule has 10 aromatic carbocycles. The number of hydrogen-bond acceptors (Lipinski definition) is 7. The second-order valence-corrected chi connectivity index (χ2v) is 19.5. The van der Waals surface area contributed by atoms with Crippen LogP contribution >= 0.6 is 0 Å². The summed E-state index contributed by atoms with van der Waals surface area (Å²) in [4.78, 5) is 49.4. The molecule has 0 amide bonds. The highest BCUT2D eigenvalue weighted by molar-refractivity contribution is 6.16. The highest BCUT2D eigenvalue weighted by Crippen LogP contribution is 2.42. The summed E-state index contributed by atoms with van der Waals surface area (Å²) in [6.45, 7) is 22.3. The number of esters is 3. The van der Waals surface area contributed by atoms with Gasteiger partial charge in [0, 0.05) is 78.2 Å². The summed E-state index contributed by atoms with van der Waals surface area (Å²) in [5, 5.41) is 12.6. The molecule has 0 saturated carbocycles. The lowest BCUT2D eigenvalue weighted by molar-refractivity contribution is -0.130. The maximum absolute atomic E-state index is 13.2. The lowest BCUT2D eigenvalue weighted by Crippen LogP contribution is -2.09. The van der Waals surface area contributed by atoms with Gasteiger partial charge in [0.2, 0.25) is 0 Å². The van der Waals surface area contributed by atoms with Gasteiger partial charge in [-0.2, -0.15) is 0 Å². The van der Waals surface area contributed by atoms with Gasteiger partial charge >= 0.3 is 17.9 Å². The second kappa shape index (κ2) is 22.8. The van der Waals surface area contributed by atoms with Gasteiger partial charge in [0.25, 0.3) is 0 Å². The molecular formula is C70H61NO7. The van der Waals surface area contributed by atoms with Crippen LogP contribution < -0.4 is 14.2 Å². The summed E-state index contributed by atoms with van der Waals surface area (Å²) in [5.74, 6) is 0.463. The number of ketones is 1. The molecule has 0 aliphatic rings. The van der Waals surface area contributed by atoms with E-state index in [0.717, 1.165) is 101 Å². The van der Waals surface area contributed by atoms with Gasteiger partial charge < -0.3 is 18.8 Å². The van der Waals surface area contributed by atoms with Crippen molar-refractivity contribution in [2.45, 2.75) is 60.8 Å². The third-order valence-electron chi connectivity index (χ3n) is 14.2. The molecule has 0 aliphatic heterocycles. The van der Waals surface area contributed by atoms with E-state index in [2.05, 4.69) is 80.6 Å². The maximum Gasteiger partial charge on any atom is 0.338 e. The van der Waals surface area contributed by atoms with E-state index in [4.69, 9.17) is 14.2 Å². The first-order valence-electron chi connectivity index (χ1n) is 26.2. The van der Waals surface area contributed by atoms with Crippen molar-refractivity contribution in [1.29, 1.82) is 0 Å². The SMILES string of the molecule is C=C(C)C(=O)Oc1c2ccccc2c(CC)c2cc3ccccc3cc12.C=C(C)C(=O)Oc1c2ccccc2c(CC)c2ccccc12.C=C(C)C(=O)Oc1ccc2c(c1)c1cc(C(=O)c3ccccc3CC)ccc1n2C. The minimum atomic E-state index is -0.457. The molecular weight excluding hydrogens is 967 g/mol. The zero-order valence-electron chi connectivity index (χ0n) is 45.2. The Bertz CT molecular complexity index is 4210. The largest absolute Gasteiger partial charge is 0.423 e. The molecule has 78 heavy (non-hydrogen) atoms. The Labute approximate surface area is 454 Å². The summed E-state index contributed by atoms with van der Waals surface area (Å²) in [6.07, 6.45) is 2.63. The lowest BCUT2D eigenvalue weighted by Gasteiger charge is -2.16. The predicted octanol–water partition coefficient (Wildman–Crippen LogP) is 16.8. The van der Waals surface area contributed by atoms with Crippen LogP contribution in [0, 0.1) is 0 Å². The van der Waals surface area contributed by atoms with Crippen LogP contribution in [0.4, 0.5) is 0 Å². The Hall–Kier alpha value is -9.40. The van der Waals surface area contributed by atoms with Crippen molar-refractivity contribution >= 4 is 99.4 Å². The Morgan fingerprint density at radius 3 is 1.32 bits per heavy atom. The minimum Gasteiger partial charge on any atom is -0.423 e. The Kier molecular flexibility index (Phi) is 15.6. The molecule has 0 radical (unpaired) electrons. The molecule has 0 atom stereocenters. The Morgan fingerprint density at radius 1 is 0.410 bits per heavy atom. The van der Waals surface area contributed by atoms with Crippen molar-refractivity contribution in [3.63, 3.8) is 0 Å². The molecule has 8 nitrogen and oxygen atoms in total. The van der Waals surface area contributed by atoms with E-state index in [1.807, 2.05) is 135 Å². The van der Waals surface area contributed by atoms with E-state index >= 15 is 0 Å². The maximum atomic E-state index is 13.2. The molecule has 388 valence electrons. The number of hydrogen-bond donors (Lipinski definition) is 0. The van der Waals surface area contributed by atoms with Crippen LogP contribution in [0.5, 0.6) is 17.2 Å². The van der Waals surface area contributed by atoms with Crippen LogP contribution in [-0.2, 0) is 40.7 Å². The summed E-state index contributed by atoms with van der Waals surface area (Å²) < 4.78 is 19.0. The van der Waals surface area contributed by atoms with Crippen LogP contribution in [0.2, 0.25) is 0 Å². The van der Waals surface area contributed by atoms with Crippen molar-refractivity contribution in [2.75, 3.05) is 0 Å². The van der Waals surface area contributed by atoms with Gasteiger partial charge in [-0.25, -0.2) is 14.4 Å². The molecule has 0 fully saturated rings. The predicted molar refractivity (Wildman–Crippen MR) is 320 cm³/mol. The number of carbonyl (C=O) groups is 4. The highest BCUT2D eigenvalue weighted by Gasteiger charge is 2.21. The van der Waals surface area contributed by atoms with Gasteiger partial charge in [-0.3, -0.25) is 4.79 Å². The second-order valence-electron chi connectivity index (χ2n) is 19.5. The van der Waals surface area contributed by atoms with E-state index in [0.29, 0.717) is 39.5 Å².